The van der Waals surface area contributed by atoms with Crippen LogP contribution in [0.2, 0.25) is 5.02 Å². The molecule has 2 rings (SSSR count). The van der Waals surface area contributed by atoms with Crippen molar-refractivity contribution < 1.29 is 9.59 Å². The van der Waals surface area contributed by atoms with Gasteiger partial charge in [0.15, 0.2) is 0 Å². The number of hydrogen-bond donors (Lipinski definition) is 1. The van der Waals surface area contributed by atoms with Gasteiger partial charge in [0.05, 0.1) is 5.75 Å². The van der Waals surface area contributed by atoms with Crippen LogP contribution >= 0.6 is 39.3 Å². The average molecular weight is 484 g/mol. The van der Waals surface area contributed by atoms with Gasteiger partial charge in [-0.25, -0.2) is 0 Å². The summed E-state index contributed by atoms with van der Waals surface area (Å²) >= 11 is 10.8. The van der Waals surface area contributed by atoms with Crippen molar-refractivity contribution in [2.24, 2.45) is 0 Å². The minimum absolute atomic E-state index is 0.0842. The number of carbonyl (C=O) groups excluding carboxylic acids is 2. The molecule has 0 aliphatic carbocycles. The van der Waals surface area contributed by atoms with E-state index in [0.29, 0.717) is 18.1 Å². The van der Waals surface area contributed by atoms with E-state index >= 15 is 0 Å². The zero-order valence-corrected chi connectivity index (χ0v) is 19.1. The van der Waals surface area contributed by atoms with Crippen molar-refractivity contribution in [3.8, 4) is 0 Å². The van der Waals surface area contributed by atoms with Gasteiger partial charge < -0.3 is 10.2 Å². The lowest BCUT2D eigenvalue weighted by molar-refractivity contribution is -0.138. The van der Waals surface area contributed by atoms with E-state index in [1.54, 1.807) is 24.0 Å². The second-order valence-corrected chi connectivity index (χ2v) is 8.76. The van der Waals surface area contributed by atoms with Gasteiger partial charge in [-0.3, -0.25) is 9.59 Å². The van der Waals surface area contributed by atoms with Crippen molar-refractivity contribution in [1.82, 2.24) is 10.2 Å². The molecule has 0 radical (unpaired) electrons. The fraction of sp³-hybridized carbons (Fsp3) is 0.333. The van der Waals surface area contributed by atoms with Gasteiger partial charge in [0.25, 0.3) is 0 Å². The van der Waals surface area contributed by atoms with Crippen molar-refractivity contribution >= 4 is 51.1 Å². The number of amides is 2. The first-order valence-electron chi connectivity index (χ1n) is 9.10. The van der Waals surface area contributed by atoms with Crippen molar-refractivity contribution in [3.63, 3.8) is 0 Å². The molecule has 0 aliphatic rings. The maximum Gasteiger partial charge on any atom is 0.242 e. The third-order valence-electron chi connectivity index (χ3n) is 4.13. The van der Waals surface area contributed by atoms with Gasteiger partial charge in [-0.1, -0.05) is 46.6 Å². The lowest BCUT2D eigenvalue weighted by atomic mass is 10.1. The van der Waals surface area contributed by atoms with Crippen LogP contribution in [0.4, 0.5) is 0 Å². The molecular weight excluding hydrogens is 460 g/mol. The minimum atomic E-state index is -0.552. The highest BCUT2D eigenvalue weighted by molar-refractivity contribution is 9.10. The number of halogens is 2. The summed E-state index contributed by atoms with van der Waals surface area (Å²) in [7, 11) is 0. The molecule has 7 heteroatoms. The van der Waals surface area contributed by atoms with Crippen LogP contribution in [0, 0.1) is 0 Å². The Balaban J connectivity index is 2.12. The van der Waals surface area contributed by atoms with Gasteiger partial charge in [0.1, 0.15) is 6.04 Å². The summed E-state index contributed by atoms with van der Waals surface area (Å²) in [5.41, 5.74) is 0.967. The van der Waals surface area contributed by atoms with Crippen molar-refractivity contribution in [1.29, 1.82) is 0 Å². The topological polar surface area (TPSA) is 49.4 Å². The van der Waals surface area contributed by atoms with E-state index in [2.05, 4.69) is 21.2 Å². The molecule has 4 nitrogen and oxygen atoms in total. The molecule has 0 bridgehead atoms. The summed E-state index contributed by atoms with van der Waals surface area (Å²) in [6.07, 6.45) is 0.852. The molecule has 150 valence electrons. The lowest BCUT2D eigenvalue weighted by Gasteiger charge is -2.28. The van der Waals surface area contributed by atoms with Crippen molar-refractivity contribution in [2.45, 2.75) is 37.8 Å². The van der Waals surface area contributed by atoms with E-state index in [4.69, 9.17) is 11.6 Å². The molecule has 0 aliphatic heterocycles. The molecule has 1 N–H and O–H groups in total. The number of hydrogen-bond acceptors (Lipinski definition) is 3. The Bertz CT molecular complexity index is 801. The van der Waals surface area contributed by atoms with Crippen LogP contribution in [-0.4, -0.2) is 35.1 Å². The molecular formula is C21H24BrClN2O2S. The summed E-state index contributed by atoms with van der Waals surface area (Å²) in [5.74, 6) is 0.0295. The number of rotatable bonds is 9. The third kappa shape index (κ3) is 7.15. The van der Waals surface area contributed by atoms with E-state index in [9.17, 15) is 9.59 Å². The van der Waals surface area contributed by atoms with Gasteiger partial charge >= 0.3 is 0 Å². The molecule has 1 atom stereocenters. The Morgan fingerprint density at radius 1 is 1.21 bits per heavy atom. The summed E-state index contributed by atoms with van der Waals surface area (Å²) < 4.78 is 0.941. The fourth-order valence-electron chi connectivity index (χ4n) is 2.57. The molecule has 0 saturated carbocycles. The van der Waals surface area contributed by atoms with Crippen LogP contribution in [0.1, 0.15) is 25.8 Å². The first-order chi connectivity index (χ1) is 13.4. The SMILES string of the molecule is CCCNC(=O)C(C)N(Cc1cccc(Br)c1)C(=O)CSc1ccc(Cl)cc1. The van der Waals surface area contributed by atoms with Crippen molar-refractivity contribution in [2.75, 3.05) is 12.3 Å². The molecule has 28 heavy (non-hydrogen) atoms. The molecule has 0 fully saturated rings. The minimum Gasteiger partial charge on any atom is -0.354 e. The Hall–Kier alpha value is -1.50. The maximum atomic E-state index is 13.0. The third-order valence-corrected chi connectivity index (χ3v) is 5.88. The normalized spacial score (nSPS) is 11.7. The highest BCUT2D eigenvalue weighted by atomic mass is 79.9. The van der Waals surface area contributed by atoms with Gasteiger partial charge in [-0.05, 0) is 55.3 Å². The summed E-state index contributed by atoms with van der Waals surface area (Å²) in [5, 5.41) is 3.54. The Morgan fingerprint density at radius 3 is 2.57 bits per heavy atom. The fourth-order valence-corrected chi connectivity index (χ4v) is 3.93. The summed E-state index contributed by atoms with van der Waals surface area (Å²) in [4.78, 5) is 28.1. The average Bonchev–Trinajstić information content (AvgIpc) is 2.69. The smallest absolute Gasteiger partial charge is 0.242 e. The van der Waals surface area contributed by atoms with Crippen LogP contribution in [0.3, 0.4) is 0 Å². The van der Waals surface area contributed by atoms with Gasteiger partial charge in [-0.15, -0.1) is 11.8 Å². The van der Waals surface area contributed by atoms with Crippen LogP contribution < -0.4 is 5.32 Å². The van der Waals surface area contributed by atoms with Crippen LogP contribution in [-0.2, 0) is 16.1 Å². The quantitative estimate of drug-likeness (QED) is 0.503. The van der Waals surface area contributed by atoms with E-state index in [-0.39, 0.29) is 17.6 Å². The molecule has 0 heterocycles. The number of nitrogens with one attached hydrogen (secondary N) is 1. The van der Waals surface area contributed by atoms with Gasteiger partial charge in [0.2, 0.25) is 11.8 Å². The number of carbonyl (C=O) groups is 2. The predicted octanol–water partition coefficient (Wildman–Crippen LogP) is 5.14. The van der Waals surface area contributed by atoms with E-state index in [1.165, 1.54) is 11.8 Å². The standard InChI is InChI=1S/C21H24BrClN2O2S/c1-3-11-24-21(27)15(2)25(13-16-5-4-6-17(22)12-16)20(26)14-28-19-9-7-18(23)8-10-19/h4-10,12,15H,3,11,13-14H2,1-2H3,(H,24,27). The Morgan fingerprint density at radius 2 is 1.93 bits per heavy atom. The number of benzene rings is 2. The zero-order valence-electron chi connectivity index (χ0n) is 16.0. The summed E-state index contributed by atoms with van der Waals surface area (Å²) in [6, 6.07) is 14.6. The van der Waals surface area contributed by atoms with E-state index in [0.717, 1.165) is 21.4 Å². The Kier molecular flexibility index (Phi) is 9.35. The van der Waals surface area contributed by atoms with E-state index < -0.39 is 6.04 Å². The van der Waals surface area contributed by atoms with Gasteiger partial charge in [-0.2, -0.15) is 0 Å². The summed E-state index contributed by atoms with van der Waals surface area (Å²) in [6.45, 7) is 4.74. The van der Waals surface area contributed by atoms with Crippen LogP contribution in [0.15, 0.2) is 57.9 Å². The molecule has 0 saturated heterocycles. The second kappa shape index (κ2) is 11.5. The van der Waals surface area contributed by atoms with Crippen LogP contribution in [0.5, 0.6) is 0 Å². The lowest BCUT2D eigenvalue weighted by Crippen LogP contribution is -2.48. The highest BCUT2D eigenvalue weighted by Gasteiger charge is 2.26. The zero-order chi connectivity index (χ0) is 20.5. The number of thioether (sulfide) groups is 1. The highest BCUT2D eigenvalue weighted by Crippen LogP contribution is 2.22. The molecule has 0 spiro atoms. The largest absolute Gasteiger partial charge is 0.354 e. The van der Waals surface area contributed by atoms with Crippen LogP contribution in [0.25, 0.3) is 0 Å². The first kappa shape index (κ1) is 22.8. The Labute approximate surface area is 184 Å². The molecule has 2 aromatic rings. The monoisotopic (exact) mass is 482 g/mol. The number of nitrogens with zero attached hydrogens (tertiary/aromatic N) is 1. The predicted molar refractivity (Wildman–Crippen MR) is 120 cm³/mol. The molecule has 2 aromatic carbocycles. The first-order valence-corrected chi connectivity index (χ1v) is 11.3. The maximum absolute atomic E-state index is 13.0. The van der Waals surface area contributed by atoms with Gasteiger partial charge in [0, 0.05) is 27.5 Å². The van der Waals surface area contributed by atoms with E-state index in [1.807, 2.05) is 43.3 Å². The molecule has 2 amide bonds. The second-order valence-electron chi connectivity index (χ2n) is 6.36. The van der Waals surface area contributed by atoms with Crippen molar-refractivity contribution in [3.05, 3.63) is 63.6 Å². The molecule has 1 unspecified atom stereocenters. The molecule has 0 aromatic heterocycles.